The fraction of sp³-hybridized carbons (Fsp3) is 0.238. The molecule has 3 aromatic heterocycles. The van der Waals surface area contributed by atoms with Crippen molar-refractivity contribution in [2.45, 2.75) is 31.8 Å². The number of para-hydroxylation sites is 1. The fourth-order valence-corrected chi connectivity index (χ4v) is 4.52. The van der Waals surface area contributed by atoms with Gasteiger partial charge < -0.3 is 20.7 Å². The molecule has 0 saturated heterocycles. The number of pyridine rings is 1. The second kappa shape index (κ2) is 6.44. The molecule has 2 atom stereocenters. The number of nitrogens with zero attached hydrogens (tertiary/aromatic N) is 4. The molecule has 8 heteroatoms. The van der Waals surface area contributed by atoms with Gasteiger partial charge in [0.1, 0.15) is 17.8 Å². The molecule has 0 radical (unpaired) electrons. The summed E-state index contributed by atoms with van der Waals surface area (Å²) in [7, 11) is 0. The number of anilines is 1. The van der Waals surface area contributed by atoms with Crippen molar-refractivity contribution in [2.24, 2.45) is 0 Å². The SMILES string of the molecule is CC1C[C@H](NC(=O)O)Cn2c1c(-c1cnc3ccccc3c1)c1c(N)ncnc12. The highest BCUT2D eigenvalue weighted by Crippen LogP contribution is 2.43. The lowest BCUT2D eigenvalue weighted by molar-refractivity contribution is 0.185. The van der Waals surface area contributed by atoms with Crippen LogP contribution in [-0.4, -0.2) is 36.8 Å². The van der Waals surface area contributed by atoms with E-state index in [1.54, 1.807) is 0 Å². The number of carbonyl (C=O) groups is 1. The van der Waals surface area contributed by atoms with Crippen molar-refractivity contribution >= 4 is 33.8 Å². The zero-order valence-electron chi connectivity index (χ0n) is 15.8. The van der Waals surface area contributed by atoms with Crippen molar-refractivity contribution in [3.63, 3.8) is 0 Å². The van der Waals surface area contributed by atoms with Gasteiger partial charge in [0.05, 0.1) is 16.9 Å². The maximum atomic E-state index is 11.2. The zero-order valence-corrected chi connectivity index (χ0v) is 15.8. The van der Waals surface area contributed by atoms with Gasteiger partial charge in [-0.1, -0.05) is 25.1 Å². The number of nitrogens with two attached hydrogens (primary N) is 1. The lowest BCUT2D eigenvalue weighted by Crippen LogP contribution is -2.41. The molecule has 4 aromatic rings. The summed E-state index contributed by atoms with van der Waals surface area (Å²) in [5.74, 6) is 0.519. The molecule has 0 spiro atoms. The number of hydrogen-bond acceptors (Lipinski definition) is 5. The van der Waals surface area contributed by atoms with Crippen LogP contribution in [-0.2, 0) is 6.54 Å². The van der Waals surface area contributed by atoms with E-state index in [0.29, 0.717) is 18.8 Å². The van der Waals surface area contributed by atoms with E-state index in [4.69, 9.17) is 10.8 Å². The highest BCUT2D eigenvalue weighted by Gasteiger charge is 2.32. The third-order valence-corrected chi connectivity index (χ3v) is 5.62. The number of carboxylic acid groups (broad SMARTS) is 1. The van der Waals surface area contributed by atoms with Gasteiger partial charge in [-0.2, -0.15) is 0 Å². The largest absolute Gasteiger partial charge is 0.465 e. The Labute approximate surface area is 166 Å². The minimum Gasteiger partial charge on any atom is -0.465 e. The van der Waals surface area contributed by atoms with Gasteiger partial charge in [0.25, 0.3) is 0 Å². The van der Waals surface area contributed by atoms with Crippen LogP contribution in [0.1, 0.15) is 25.0 Å². The molecular weight excluding hydrogens is 368 g/mol. The predicted octanol–water partition coefficient (Wildman–Crippen LogP) is 3.37. The van der Waals surface area contributed by atoms with Gasteiger partial charge in [-0.05, 0) is 24.5 Å². The van der Waals surface area contributed by atoms with E-state index < -0.39 is 6.09 Å². The Morgan fingerprint density at radius 1 is 1.28 bits per heavy atom. The van der Waals surface area contributed by atoms with Gasteiger partial charge in [0.15, 0.2) is 0 Å². The van der Waals surface area contributed by atoms with Crippen LogP contribution >= 0.6 is 0 Å². The first-order valence-corrected chi connectivity index (χ1v) is 9.50. The Morgan fingerprint density at radius 3 is 2.93 bits per heavy atom. The lowest BCUT2D eigenvalue weighted by Gasteiger charge is -2.30. The molecule has 1 amide bonds. The van der Waals surface area contributed by atoms with E-state index >= 15 is 0 Å². The van der Waals surface area contributed by atoms with Crippen LogP contribution in [0, 0.1) is 0 Å². The average molecular weight is 388 g/mol. The van der Waals surface area contributed by atoms with Crippen LogP contribution in [0.15, 0.2) is 42.9 Å². The van der Waals surface area contributed by atoms with Crippen LogP contribution in [0.25, 0.3) is 33.1 Å². The summed E-state index contributed by atoms with van der Waals surface area (Å²) in [4.78, 5) is 24.5. The van der Waals surface area contributed by atoms with Crippen LogP contribution in [0.3, 0.4) is 0 Å². The molecule has 0 aliphatic carbocycles. The van der Waals surface area contributed by atoms with Crippen LogP contribution in [0.5, 0.6) is 0 Å². The van der Waals surface area contributed by atoms with Crippen molar-refractivity contribution in [1.82, 2.24) is 24.8 Å². The van der Waals surface area contributed by atoms with E-state index in [2.05, 4.69) is 37.8 Å². The standard InChI is InChI=1S/C21H20N6O2/c1-11-6-14(26-21(28)29)9-27-18(11)16(17-19(22)24-10-25-20(17)27)13-7-12-4-2-3-5-15(12)23-8-13/h2-5,7-8,10-11,14,26H,6,9H2,1H3,(H,28,29)(H2,22,24,25)/t11?,14-/m0/s1. The first-order valence-electron chi connectivity index (χ1n) is 9.50. The molecule has 146 valence electrons. The van der Waals surface area contributed by atoms with Crippen molar-refractivity contribution in [3.05, 3.63) is 48.5 Å². The van der Waals surface area contributed by atoms with E-state index in [0.717, 1.165) is 38.8 Å². The lowest BCUT2D eigenvalue weighted by atomic mass is 9.89. The summed E-state index contributed by atoms with van der Waals surface area (Å²) in [6, 6.07) is 9.89. The van der Waals surface area contributed by atoms with Crippen molar-refractivity contribution in [1.29, 1.82) is 0 Å². The molecule has 0 saturated carbocycles. The molecular formula is C21H20N6O2. The number of rotatable bonds is 2. The van der Waals surface area contributed by atoms with Gasteiger partial charge in [-0.25, -0.2) is 14.8 Å². The van der Waals surface area contributed by atoms with Crippen molar-refractivity contribution in [2.75, 3.05) is 5.73 Å². The van der Waals surface area contributed by atoms with Gasteiger partial charge in [0, 0.05) is 34.9 Å². The number of fused-ring (bicyclic) bond motifs is 4. The normalized spacial score (nSPS) is 18.7. The zero-order chi connectivity index (χ0) is 20.1. The molecule has 1 unspecified atom stereocenters. The number of nitrogens with one attached hydrogen (secondary N) is 1. The quantitative estimate of drug-likeness (QED) is 0.484. The average Bonchev–Trinajstić information content (AvgIpc) is 3.03. The summed E-state index contributed by atoms with van der Waals surface area (Å²) >= 11 is 0. The monoisotopic (exact) mass is 388 g/mol. The molecule has 0 bridgehead atoms. The van der Waals surface area contributed by atoms with Crippen molar-refractivity contribution in [3.8, 4) is 11.1 Å². The minimum atomic E-state index is -1.02. The van der Waals surface area contributed by atoms with Gasteiger partial charge >= 0.3 is 6.09 Å². The summed E-state index contributed by atoms with van der Waals surface area (Å²) in [5, 5.41) is 13.6. The molecule has 8 nitrogen and oxygen atoms in total. The molecule has 1 aliphatic heterocycles. The smallest absolute Gasteiger partial charge is 0.404 e. The predicted molar refractivity (Wildman–Crippen MR) is 111 cm³/mol. The van der Waals surface area contributed by atoms with E-state index in [1.165, 1.54) is 6.33 Å². The fourth-order valence-electron chi connectivity index (χ4n) is 4.52. The van der Waals surface area contributed by atoms with Gasteiger partial charge in [0.2, 0.25) is 0 Å². The number of hydrogen-bond donors (Lipinski definition) is 3. The van der Waals surface area contributed by atoms with Crippen molar-refractivity contribution < 1.29 is 9.90 Å². The van der Waals surface area contributed by atoms with Gasteiger partial charge in [-0.15, -0.1) is 0 Å². The summed E-state index contributed by atoms with van der Waals surface area (Å²) < 4.78 is 2.08. The first-order chi connectivity index (χ1) is 14.0. The Kier molecular flexibility index (Phi) is 3.87. The molecule has 1 aliphatic rings. The first kappa shape index (κ1) is 17.4. The molecule has 1 aromatic carbocycles. The maximum absolute atomic E-state index is 11.2. The third-order valence-electron chi connectivity index (χ3n) is 5.62. The second-order valence-corrected chi connectivity index (χ2v) is 7.53. The topological polar surface area (TPSA) is 119 Å². The minimum absolute atomic E-state index is 0.107. The number of benzene rings is 1. The van der Waals surface area contributed by atoms with E-state index in [-0.39, 0.29) is 12.0 Å². The molecule has 0 fully saturated rings. The maximum Gasteiger partial charge on any atom is 0.404 e. The Hall–Kier alpha value is -3.68. The second-order valence-electron chi connectivity index (χ2n) is 7.53. The highest BCUT2D eigenvalue weighted by atomic mass is 16.4. The highest BCUT2D eigenvalue weighted by molar-refractivity contribution is 6.03. The van der Waals surface area contributed by atoms with Crippen LogP contribution in [0.4, 0.5) is 10.6 Å². The Balaban J connectivity index is 1.77. The summed E-state index contributed by atoms with van der Waals surface area (Å²) in [6.45, 7) is 2.60. The number of aromatic nitrogens is 4. The summed E-state index contributed by atoms with van der Waals surface area (Å²) in [6.07, 6.45) is 2.99. The van der Waals surface area contributed by atoms with E-state index in [9.17, 15) is 4.79 Å². The number of nitrogen functional groups attached to an aromatic ring is 1. The van der Waals surface area contributed by atoms with Crippen LogP contribution in [0.2, 0.25) is 0 Å². The summed E-state index contributed by atoms with van der Waals surface area (Å²) in [5.41, 5.74) is 11.0. The number of amides is 1. The Bertz CT molecular complexity index is 1260. The molecule has 4 heterocycles. The van der Waals surface area contributed by atoms with E-state index in [1.807, 2.05) is 30.5 Å². The Morgan fingerprint density at radius 2 is 2.10 bits per heavy atom. The molecule has 29 heavy (non-hydrogen) atoms. The third kappa shape index (κ3) is 2.75. The van der Waals surface area contributed by atoms with Crippen LogP contribution < -0.4 is 11.1 Å². The molecule has 5 rings (SSSR count). The van der Waals surface area contributed by atoms with Gasteiger partial charge in [-0.3, -0.25) is 4.98 Å². The molecule has 4 N–H and O–H groups in total.